The second-order valence-electron chi connectivity index (χ2n) is 8.33. The van der Waals surface area contributed by atoms with E-state index in [0.29, 0.717) is 39.5 Å². The molecule has 7 heteroatoms. The number of nitrogens with zero attached hydrogens (tertiary/aromatic N) is 3. The summed E-state index contributed by atoms with van der Waals surface area (Å²) >= 11 is 0. The van der Waals surface area contributed by atoms with Crippen LogP contribution in [0.4, 0.5) is 0 Å². The Morgan fingerprint density at radius 3 is 2.83 bits per heavy atom. The number of hydrogen-bond donors (Lipinski definition) is 1. The largest absolute Gasteiger partial charge is 0.379 e. The zero-order valence-corrected chi connectivity index (χ0v) is 17.2. The maximum absolute atomic E-state index is 13.0. The summed E-state index contributed by atoms with van der Waals surface area (Å²) in [6, 6.07) is 10.1. The fraction of sp³-hybridized carbons (Fsp3) is 0.522. The molecule has 1 aromatic heterocycles. The number of amides is 1. The van der Waals surface area contributed by atoms with Crippen LogP contribution in [0.3, 0.4) is 0 Å². The van der Waals surface area contributed by atoms with Crippen molar-refractivity contribution < 1.29 is 14.3 Å². The molecule has 2 fully saturated rings. The Morgan fingerprint density at radius 2 is 2.00 bits per heavy atom. The zero-order chi connectivity index (χ0) is 20.4. The van der Waals surface area contributed by atoms with Crippen molar-refractivity contribution in [2.45, 2.75) is 24.9 Å². The Morgan fingerprint density at radius 1 is 1.17 bits per heavy atom. The third kappa shape index (κ3) is 3.73. The van der Waals surface area contributed by atoms with E-state index in [9.17, 15) is 4.79 Å². The molecule has 0 aliphatic carbocycles. The molecule has 1 spiro atoms. The normalized spacial score (nSPS) is 23.6. The number of nitrogens with one attached hydrogen (secondary N) is 1. The van der Waals surface area contributed by atoms with E-state index in [4.69, 9.17) is 14.5 Å². The Bertz CT molecular complexity index is 889. The van der Waals surface area contributed by atoms with Crippen molar-refractivity contribution in [2.75, 3.05) is 46.0 Å². The molecule has 3 aliphatic heterocycles. The number of fused-ring (bicyclic) bond motifs is 2. The number of likely N-dealkylation sites (tertiary alicyclic amines) is 1. The quantitative estimate of drug-likeness (QED) is 0.816. The van der Waals surface area contributed by atoms with Crippen molar-refractivity contribution in [3.63, 3.8) is 0 Å². The topological polar surface area (TPSA) is 76.6 Å². The van der Waals surface area contributed by atoms with Gasteiger partial charge in [-0.2, -0.15) is 0 Å². The number of aromatic nitrogens is 2. The molecule has 5 rings (SSSR count). The summed E-state index contributed by atoms with van der Waals surface area (Å²) in [6.45, 7) is 4.70. The van der Waals surface area contributed by atoms with Gasteiger partial charge in [0.1, 0.15) is 5.60 Å². The summed E-state index contributed by atoms with van der Waals surface area (Å²) in [5.41, 5.74) is 2.76. The van der Waals surface area contributed by atoms with E-state index in [1.165, 1.54) is 5.56 Å². The predicted molar refractivity (Wildman–Crippen MR) is 112 cm³/mol. The van der Waals surface area contributed by atoms with Crippen molar-refractivity contribution in [3.8, 4) is 11.4 Å². The number of benzene rings is 1. The first-order valence-electron chi connectivity index (χ1n) is 10.9. The van der Waals surface area contributed by atoms with Gasteiger partial charge in [0, 0.05) is 37.9 Å². The van der Waals surface area contributed by atoms with Crippen molar-refractivity contribution in [3.05, 3.63) is 47.8 Å². The Kier molecular flexibility index (Phi) is 5.50. The van der Waals surface area contributed by atoms with Crippen LogP contribution in [-0.2, 0) is 26.3 Å². The van der Waals surface area contributed by atoms with Gasteiger partial charge in [-0.25, -0.2) is 9.97 Å². The number of rotatable bonds is 2. The molecule has 1 aromatic carbocycles. The number of ether oxygens (including phenoxy) is 2. The van der Waals surface area contributed by atoms with Crippen molar-refractivity contribution in [2.24, 2.45) is 5.92 Å². The van der Waals surface area contributed by atoms with E-state index < -0.39 is 5.60 Å². The van der Waals surface area contributed by atoms with E-state index in [2.05, 4.69) is 10.3 Å². The van der Waals surface area contributed by atoms with Crippen LogP contribution in [0.1, 0.15) is 24.1 Å². The van der Waals surface area contributed by atoms with Gasteiger partial charge < -0.3 is 19.7 Å². The number of piperidine rings is 1. The van der Waals surface area contributed by atoms with Gasteiger partial charge in [-0.1, -0.05) is 30.3 Å². The fourth-order valence-corrected chi connectivity index (χ4v) is 4.73. The third-order valence-electron chi connectivity index (χ3n) is 6.44. The molecule has 2 saturated heterocycles. The molecule has 1 unspecified atom stereocenters. The average molecular weight is 409 g/mol. The van der Waals surface area contributed by atoms with Gasteiger partial charge >= 0.3 is 0 Å². The van der Waals surface area contributed by atoms with Gasteiger partial charge in [-0.15, -0.1) is 0 Å². The highest BCUT2D eigenvalue weighted by atomic mass is 16.5. The first kappa shape index (κ1) is 19.6. The molecular weight excluding hydrogens is 380 g/mol. The minimum atomic E-state index is -0.422. The number of carbonyl (C=O) groups excluding carboxylic acids is 1. The third-order valence-corrected chi connectivity index (χ3v) is 6.44. The van der Waals surface area contributed by atoms with Crippen LogP contribution in [0.15, 0.2) is 36.5 Å². The second kappa shape index (κ2) is 8.41. The van der Waals surface area contributed by atoms with Crippen LogP contribution in [-0.4, -0.2) is 66.8 Å². The molecule has 1 N–H and O–H groups in total. The maximum Gasteiger partial charge on any atom is 0.229 e. The van der Waals surface area contributed by atoms with Gasteiger partial charge in [0.05, 0.1) is 31.4 Å². The summed E-state index contributed by atoms with van der Waals surface area (Å²) in [6.07, 6.45) is 4.32. The lowest BCUT2D eigenvalue weighted by atomic mass is 9.83. The predicted octanol–water partition coefficient (Wildman–Crippen LogP) is 1.77. The molecule has 1 amide bonds. The summed E-state index contributed by atoms with van der Waals surface area (Å²) < 4.78 is 11.9. The van der Waals surface area contributed by atoms with Crippen LogP contribution in [0.25, 0.3) is 11.4 Å². The highest BCUT2D eigenvalue weighted by molar-refractivity contribution is 5.79. The maximum atomic E-state index is 13.0. The minimum absolute atomic E-state index is 0.104. The van der Waals surface area contributed by atoms with E-state index in [1.807, 2.05) is 41.4 Å². The SMILES string of the molecule is O=C(C1CNCCOC1)N1CCC2(CC1)OCCc1cnc(-c3ccccc3)nc12. The molecule has 4 heterocycles. The van der Waals surface area contributed by atoms with Crippen LogP contribution < -0.4 is 5.32 Å². The van der Waals surface area contributed by atoms with Crippen LogP contribution in [0.5, 0.6) is 0 Å². The molecule has 1 atom stereocenters. The Labute approximate surface area is 176 Å². The lowest BCUT2D eigenvalue weighted by Crippen LogP contribution is -2.51. The Balaban J connectivity index is 1.35. The number of carbonyl (C=O) groups is 1. The standard InChI is InChI=1S/C23H28N4O3/c28-22(19-14-24-9-13-29-16-19)27-10-7-23(8-11-27)20-18(6-12-30-23)15-25-21(26-20)17-4-2-1-3-5-17/h1-5,15,19,24H,6-14,16H2. The van der Waals surface area contributed by atoms with Crippen LogP contribution in [0.2, 0.25) is 0 Å². The average Bonchev–Trinajstić information content (AvgIpc) is 3.10. The lowest BCUT2D eigenvalue weighted by Gasteiger charge is -2.44. The molecule has 30 heavy (non-hydrogen) atoms. The van der Waals surface area contributed by atoms with Crippen LogP contribution >= 0.6 is 0 Å². The highest BCUT2D eigenvalue weighted by Crippen LogP contribution is 2.41. The molecule has 0 radical (unpaired) electrons. The highest BCUT2D eigenvalue weighted by Gasteiger charge is 2.44. The van der Waals surface area contributed by atoms with Gasteiger partial charge in [0.2, 0.25) is 5.91 Å². The van der Waals surface area contributed by atoms with Crippen molar-refractivity contribution in [1.29, 1.82) is 0 Å². The molecule has 2 aromatic rings. The van der Waals surface area contributed by atoms with Crippen LogP contribution in [0, 0.1) is 5.92 Å². The molecule has 0 bridgehead atoms. The summed E-state index contributed by atoms with van der Waals surface area (Å²) in [5, 5.41) is 3.29. The smallest absolute Gasteiger partial charge is 0.229 e. The van der Waals surface area contributed by atoms with E-state index in [1.54, 1.807) is 0 Å². The van der Waals surface area contributed by atoms with Gasteiger partial charge in [0.25, 0.3) is 0 Å². The minimum Gasteiger partial charge on any atom is -0.379 e. The summed E-state index contributed by atoms with van der Waals surface area (Å²) in [7, 11) is 0. The second-order valence-corrected chi connectivity index (χ2v) is 8.33. The molecule has 3 aliphatic rings. The molecule has 0 saturated carbocycles. The molecule has 7 nitrogen and oxygen atoms in total. The van der Waals surface area contributed by atoms with Gasteiger partial charge in [-0.05, 0) is 24.8 Å². The van der Waals surface area contributed by atoms with Gasteiger partial charge in [-0.3, -0.25) is 4.79 Å². The van der Waals surface area contributed by atoms with E-state index in [-0.39, 0.29) is 11.8 Å². The van der Waals surface area contributed by atoms with Crippen molar-refractivity contribution >= 4 is 5.91 Å². The summed E-state index contributed by atoms with van der Waals surface area (Å²) in [5.74, 6) is 0.815. The fourth-order valence-electron chi connectivity index (χ4n) is 4.73. The van der Waals surface area contributed by atoms with Gasteiger partial charge in [0.15, 0.2) is 5.82 Å². The van der Waals surface area contributed by atoms with E-state index >= 15 is 0 Å². The summed E-state index contributed by atoms with van der Waals surface area (Å²) in [4.78, 5) is 24.5. The lowest BCUT2D eigenvalue weighted by molar-refractivity contribution is -0.146. The van der Waals surface area contributed by atoms with Crippen molar-refractivity contribution in [1.82, 2.24) is 20.2 Å². The monoisotopic (exact) mass is 408 g/mol. The Hall–Kier alpha value is -2.35. The molecule has 158 valence electrons. The first-order valence-corrected chi connectivity index (χ1v) is 10.9. The first-order chi connectivity index (χ1) is 14.8. The molecular formula is C23H28N4O3. The van der Waals surface area contributed by atoms with E-state index in [0.717, 1.165) is 42.9 Å². The zero-order valence-electron chi connectivity index (χ0n) is 17.2. The number of hydrogen-bond acceptors (Lipinski definition) is 6.